The van der Waals surface area contributed by atoms with Crippen molar-refractivity contribution in [2.45, 2.75) is 102 Å². The van der Waals surface area contributed by atoms with E-state index in [2.05, 4.69) is 21.3 Å². The predicted molar refractivity (Wildman–Crippen MR) is 211 cm³/mol. The number of para-hydroxylation sites is 2. The zero-order valence-electron chi connectivity index (χ0n) is 32.3. The first-order valence-corrected chi connectivity index (χ1v) is 19.8. The van der Waals surface area contributed by atoms with Gasteiger partial charge in [-0.1, -0.05) is 36.4 Å². The van der Waals surface area contributed by atoms with Gasteiger partial charge in [0.2, 0.25) is 11.8 Å². The van der Waals surface area contributed by atoms with Crippen molar-refractivity contribution in [2.24, 2.45) is 0 Å². The number of aryl methyl sites for hydroxylation is 2. The Hall–Kier alpha value is -3.96. The molecule has 4 heterocycles. The van der Waals surface area contributed by atoms with Crippen LogP contribution in [0.1, 0.15) is 76.3 Å². The van der Waals surface area contributed by atoms with Crippen LogP contribution in [0.4, 0.5) is 11.4 Å². The minimum Gasteiger partial charge on any atom is -0.627 e. The standard InChI is InChI=1S/2C20H29N3O4.H2O/c2*1-2-27-19(24)14-23(26)13-16(11-10-15-7-3-4-9-18(15)23)22-17-8-5-6-12-21-20(17)25;/h2*3-4,7,9,16-17,22H,2,5-6,8,10-14H2,1H3,(H,21,25);1H2/t16-,17-,23?;;/m0../s1. The normalized spacial score (nSPS) is 27.9. The van der Waals surface area contributed by atoms with Crippen LogP contribution in [0.25, 0.3) is 0 Å². The smallest absolute Gasteiger partial charge is 0.362 e. The first-order valence-electron chi connectivity index (χ1n) is 19.8. The van der Waals surface area contributed by atoms with Crippen molar-refractivity contribution < 1.29 is 34.1 Å². The third-order valence-electron chi connectivity index (χ3n) is 10.7. The third-order valence-corrected chi connectivity index (χ3v) is 10.7. The lowest BCUT2D eigenvalue weighted by Crippen LogP contribution is -2.57. The lowest BCUT2D eigenvalue weighted by atomic mass is 10.0. The molecule has 6 rings (SSSR count). The quantitative estimate of drug-likeness (QED) is 0.158. The fourth-order valence-corrected chi connectivity index (χ4v) is 8.16. The Morgan fingerprint density at radius 1 is 0.673 bits per heavy atom. The van der Waals surface area contributed by atoms with E-state index in [4.69, 9.17) is 9.47 Å². The molecule has 6 atom stereocenters. The zero-order chi connectivity index (χ0) is 38.6. The Bertz CT molecular complexity index is 1480. The van der Waals surface area contributed by atoms with Crippen molar-refractivity contribution in [3.8, 4) is 0 Å². The molecule has 0 bridgehead atoms. The molecule has 4 aliphatic rings. The molecule has 0 aliphatic carbocycles. The second-order valence-electron chi connectivity index (χ2n) is 14.8. The summed E-state index contributed by atoms with van der Waals surface area (Å²) < 4.78 is 8.59. The molecule has 0 radical (unpaired) electrons. The van der Waals surface area contributed by atoms with Crippen LogP contribution in [-0.2, 0) is 41.5 Å². The van der Waals surface area contributed by atoms with Gasteiger partial charge >= 0.3 is 11.9 Å². The molecule has 0 aromatic heterocycles. The van der Waals surface area contributed by atoms with E-state index in [1.165, 1.54) is 0 Å². The average molecular weight is 769 g/mol. The van der Waals surface area contributed by atoms with Gasteiger partial charge in [-0.25, -0.2) is 9.59 Å². The molecule has 4 unspecified atom stereocenters. The average Bonchev–Trinajstić information content (AvgIpc) is 3.59. The summed E-state index contributed by atoms with van der Waals surface area (Å²) in [4.78, 5) is 48.8. The molecule has 2 aromatic rings. The highest BCUT2D eigenvalue weighted by Crippen LogP contribution is 2.33. The summed E-state index contributed by atoms with van der Waals surface area (Å²) in [5.74, 6) is -0.974. The van der Waals surface area contributed by atoms with E-state index in [0.29, 0.717) is 24.5 Å². The first-order chi connectivity index (χ1) is 26.0. The molecule has 304 valence electrons. The number of hydrogen-bond acceptors (Lipinski definition) is 10. The van der Waals surface area contributed by atoms with Crippen molar-refractivity contribution in [2.75, 3.05) is 52.5 Å². The van der Waals surface area contributed by atoms with Crippen molar-refractivity contribution in [3.05, 3.63) is 70.1 Å². The lowest BCUT2D eigenvalue weighted by Gasteiger charge is -2.43. The Morgan fingerprint density at radius 3 is 1.47 bits per heavy atom. The van der Waals surface area contributed by atoms with Gasteiger partial charge in [0.1, 0.15) is 11.4 Å². The Kier molecular flexibility index (Phi) is 16.6. The molecule has 6 N–H and O–H groups in total. The molecule has 4 aliphatic heterocycles. The molecule has 0 spiro atoms. The summed E-state index contributed by atoms with van der Waals surface area (Å²) in [7, 11) is 0. The van der Waals surface area contributed by atoms with Gasteiger partial charge in [0, 0.05) is 24.2 Å². The number of fused-ring (bicyclic) bond motifs is 2. The van der Waals surface area contributed by atoms with E-state index < -0.39 is 21.2 Å². The molecule has 2 amide bonds. The zero-order valence-corrected chi connectivity index (χ0v) is 32.3. The Labute approximate surface area is 324 Å². The highest BCUT2D eigenvalue weighted by molar-refractivity contribution is 5.82. The molecule has 2 fully saturated rings. The lowest BCUT2D eigenvalue weighted by molar-refractivity contribution is -0.144. The molecular weight excluding hydrogens is 708 g/mol. The van der Waals surface area contributed by atoms with Crippen LogP contribution in [0.2, 0.25) is 0 Å². The van der Waals surface area contributed by atoms with Crippen molar-refractivity contribution in [3.63, 3.8) is 0 Å². The number of amides is 2. The highest BCUT2D eigenvalue weighted by atomic mass is 16.6. The second kappa shape index (κ2) is 20.8. The van der Waals surface area contributed by atoms with Crippen LogP contribution >= 0.6 is 0 Å². The maximum absolute atomic E-state index is 13.7. The number of ether oxygens (including phenoxy) is 2. The van der Waals surface area contributed by atoms with Gasteiger partial charge in [0.05, 0.1) is 50.5 Å². The van der Waals surface area contributed by atoms with Crippen molar-refractivity contribution >= 4 is 35.1 Å². The van der Waals surface area contributed by atoms with Crippen LogP contribution in [0.5, 0.6) is 0 Å². The number of hydroxylamine groups is 4. The maximum atomic E-state index is 13.7. The summed E-state index contributed by atoms with van der Waals surface area (Å²) in [6.07, 6.45) is 8.44. The number of benzene rings is 2. The van der Waals surface area contributed by atoms with Gasteiger partial charge in [-0.2, -0.15) is 0 Å². The van der Waals surface area contributed by atoms with Crippen LogP contribution in [-0.4, -0.2) is 106 Å². The summed E-state index contributed by atoms with van der Waals surface area (Å²) in [6, 6.07) is 14.2. The van der Waals surface area contributed by atoms with E-state index >= 15 is 0 Å². The topological polar surface area (TPSA) is 212 Å². The molecule has 15 nitrogen and oxygen atoms in total. The fourth-order valence-electron chi connectivity index (χ4n) is 8.16. The monoisotopic (exact) mass is 768 g/mol. The van der Waals surface area contributed by atoms with Crippen molar-refractivity contribution in [1.82, 2.24) is 30.6 Å². The number of hydrogen-bond donors (Lipinski definition) is 4. The Balaban J connectivity index is 0.000000240. The van der Waals surface area contributed by atoms with E-state index in [1.807, 2.05) is 48.5 Å². The highest BCUT2D eigenvalue weighted by Gasteiger charge is 2.37. The second-order valence-corrected chi connectivity index (χ2v) is 14.8. The Morgan fingerprint density at radius 2 is 1.07 bits per heavy atom. The van der Waals surface area contributed by atoms with Gasteiger partial charge in [-0.3, -0.25) is 20.2 Å². The third kappa shape index (κ3) is 12.0. The molecule has 15 heteroatoms. The number of esters is 2. The maximum Gasteiger partial charge on any atom is 0.362 e. The SMILES string of the molecule is CCOC(=O)C[N+]1([O-])CC(NC2CCCCNC2=O)CCc2ccccc21.CCOC(=O)C[N+]1([O-])C[C@@H](N[C@H]2CCCCNC2=O)CCc2ccccc21.O. The molecular formula is C40H60N6O9. The van der Waals surface area contributed by atoms with Gasteiger partial charge < -0.3 is 45.3 Å². The van der Waals surface area contributed by atoms with Crippen LogP contribution in [0.15, 0.2) is 48.5 Å². The number of rotatable bonds is 10. The van der Waals surface area contributed by atoms with Gasteiger partial charge in [-0.05, 0) is 90.2 Å². The molecule has 55 heavy (non-hydrogen) atoms. The number of nitrogens with one attached hydrogen (secondary N) is 4. The minimum atomic E-state index is -0.749. The van der Waals surface area contributed by atoms with Gasteiger partial charge in [0.25, 0.3) is 0 Å². The largest absolute Gasteiger partial charge is 0.627 e. The van der Waals surface area contributed by atoms with Gasteiger partial charge in [-0.15, -0.1) is 0 Å². The molecule has 2 aromatic carbocycles. The van der Waals surface area contributed by atoms with Crippen molar-refractivity contribution in [1.29, 1.82) is 0 Å². The van der Waals surface area contributed by atoms with E-state index in [1.54, 1.807) is 13.8 Å². The van der Waals surface area contributed by atoms with E-state index in [0.717, 1.165) is 75.3 Å². The van der Waals surface area contributed by atoms with Crippen LogP contribution in [0.3, 0.4) is 0 Å². The number of carbonyl (C=O) groups is 4. The molecule has 0 saturated carbocycles. The van der Waals surface area contributed by atoms with E-state index in [9.17, 15) is 29.6 Å². The molecule has 2 saturated heterocycles. The summed E-state index contributed by atoms with van der Waals surface area (Å²) >= 11 is 0. The van der Waals surface area contributed by atoms with Crippen LogP contribution < -0.4 is 30.6 Å². The summed E-state index contributed by atoms with van der Waals surface area (Å²) in [5.41, 5.74) is 3.18. The number of nitrogens with zero attached hydrogens (tertiary/aromatic N) is 2. The minimum absolute atomic E-state index is 0. The number of quaternary nitrogens is 2. The van der Waals surface area contributed by atoms with Crippen LogP contribution in [0, 0.1) is 10.4 Å². The predicted octanol–water partition coefficient (Wildman–Crippen LogP) is 2.43. The fraction of sp³-hybridized carbons (Fsp3) is 0.600. The summed E-state index contributed by atoms with van der Waals surface area (Å²) in [6.45, 7) is 5.31. The van der Waals surface area contributed by atoms with E-state index in [-0.39, 0.29) is 80.9 Å². The summed E-state index contributed by atoms with van der Waals surface area (Å²) in [5, 5.41) is 40.2. The van der Waals surface area contributed by atoms with Gasteiger partial charge in [0.15, 0.2) is 13.1 Å². The number of carbonyl (C=O) groups excluding carboxylic acids is 4. The first kappa shape index (κ1) is 43.8.